The van der Waals surface area contributed by atoms with Crippen molar-refractivity contribution in [2.75, 3.05) is 32.8 Å². The summed E-state index contributed by atoms with van der Waals surface area (Å²) in [6, 6.07) is 0. The monoisotopic (exact) mass is 201 g/mol. The normalized spacial score (nSPS) is 22.5. The van der Waals surface area contributed by atoms with Crippen LogP contribution in [-0.2, 0) is 4.74 Å². The molecule has 3 nitrogen and oxygen atoms in total. The molecule has 84 valence electrons. The second-order valence-electron chi connectivity index (χ2n) is 4.30. The van der Waals surface area contributed by atoms with E-state index in [9.17, 15) is 5.11 Å². The fourth-order valence-corrected chi connectivity index (χ4v) is 1.85. The number of ether oxygens (including phenoxy) is 1. The molecule has 0 spiro atoms. The highest BCUT2D eigenvalue weighted by atomic mass is 16.5. The average molecular weight is 201 g/mol. The van der Waals surface area contributed by atoms with E-state index in [2.05, 4.69) is 11.8 Å². The minimum absolute atomic E-state index is 0.316. The average Bonchev–Trinajstić information content (AvgIpc) is 2.18. The number of nitrogens with zero attached hydrogens (tertiary/aromatic N) is 1. The Kier molecular flexibility index (Phi) is 5.45. The van der Waals surface area contributed by atoms with Gasteiger partial charge in [0.15, 0.2) is 0 Å². The van der Waals surface area contributed by atoms with E-state index in [0.717, 1.165) is 25.6 Å². The van der Waals surface area contributed by atoms with Gasteiger partial charge in [-0.1, -0.05) is 6.92 Å². The first kappa shape index (κ1) is 12.0. The predicted molar refractivity (Wildman–Crippen MR) is 57.3 cm³/mol. The molecular formula is C11H23NO2. The second kappa shape index (κ2) is 6.38. The van der Waals surface area contributed by atoms with Crippen LogP contribution in [0.5, 0.6) is 0 Å². The fraction of sp³-hybridized carbons (Fsp3) is 1.00. The predicted octanol–water partition coefficient (Wildman–Crippen LogP) is 1.12. The van der Waals surface area contributed by atoms with E-state index in [-0.39, 0.29) is 6.10 Å². The van der Waals surface area contributed by atoms with E-state index in [1.54, 1.807) is 0 Å². The standard InChI is InChI=1S/C11H23NO2/c1-3-14-9-11(13)8-12-6-4-10(2)5-7-12/h10-11,13H,3-9H2,1-2H3. The Hall–Kier alpha value is -0.120. The molecule has 1 aliphatic heterocycles. The number of aliphatic hydroxyl groups is 1. The number of hydrogen-bond acceptors (Lipinski definition) is 3. The maximum absolute atomic E-state index is 9.63. The number of piperidine rings is 1. The van der Waals surface area contributed by atoms with Crippen molar-refractivity contribution in [3.63, 3.8) is 0 Å². The molecule has 0 aromatic rings. The molecule has 1 unspecified atom stereocenters. The number of rotatable bonds is 5. The molecule has 0 saturated carbocycles. The lowest BCUT2D eigenvalue weighted by atomic mass is 9.99. The van der Waals surface area contributed by atoms with E-state index in [1.165, 1.54) is 12.8 Å². The maximum Gasteiger partial charge on any atom is 0.0900 e. The van der Waals surface area contributed by atoms with Gasteiger partial charge in [-0.05, 0) is 38.8 Å². The third-order valence-electron chi connectivity index (χ3n) is 2.86. The van der Waals surface area contributed by atoms with Crippen LogP contribution in [0.15, 0.2) is 0 Å². The number of likely N-dealkylation sites (tertiary alicyclic amines) is 1. The first-order valence-corrected chi connectivity index (χ1v) is 5.70. The van der Waals surface area contributed by atoms with Gasteiger partial charge in [0.25, 0.3) is 0 Å². The van der Waals surface area contributed by atoms with Crippen LogP contribution >= 0.6 is 0 Å². The zero-order valence-electron chi connectivity index (χ0n) is 9.41. The van der Waals surface area contributed by atoms with Crippen LogP contribution in [0.4, 0.5) is 0 Å². The van der Waals surface area contributed by atoms with Gasteiger partial charge in [-0.2, -0.15) is 0 Å². The quantitative estimate of drug-likeness (QED) is 0.723. The molecule has 1 N–H and O–H groups in total. The van der Waals surface area contributed by atoms with Crippen LogP contribution < -0.4 is 0 Å². The molecule has 1 saturated heterocycles. The zero-order valence-corrected chi connectivity index (χ0v) is 9.41. The zero-order chi connectivity index (χ0) is 10.4. The Balaban J connectivity index is 2.10. The summed E-state index contributed by atoms with van der Waals surface area (Å²) in [6.45, 7) is 8.45. The topological polar surface area (TPSA) is 32.7 Å². The summed E-state index contributed by atoms with van der Waals surface area (Å²) < 4.78 is 5.18. The summed E-state index contributed by atoms with van der Waals surface area (Å²) >= 11 is 0. The van der Waals surface area contributed by atoms with Crippen LogP contribution in [0.3, 0.4) is 0 Å². The molecule has 0 bridgehead atoms. The van der Waals surface area contributed by atoms with E-state index >= 15 is 0 Å². The van der Waals surface area contributed by atoms with Gasteiger partial charge in [0.1, 0.15) is 0 Å². The maximum atomic E-state index is 9.63. The van der Waals surface area contributed by atoms with Crippen molar-refractivity contribution in [1.29, 1.82) is 0 Å². The van der Waals surface area contributed by atoms with Gasteiger partial charge in [-0.3, -0.25) is 0 Å². The molecule has 0 aromatic heterocycles. The second-order valence-corrected chi connectivity index (χ2v) is 4.30. The molecule has 14 heavy (non-hydrogen) atoms. The first-order valence-electron chi connectivity index (χ1n) is 5.70. The fourth-order valence-electron chi connectivity index (χ4n) is 1.85. The van der Waals surface area contributed by atoms with Crippen LogP contribution in [0, 0.1) is 5.92 Å². The lowest BCUT2D eigenvalue weighted by Gasteiger charge is -2.31. The molecule has 0 aromatic carbocycles. The molecule has 1 fully saturated rings. The molecule has 1 heterocycles. The number of aliphatic hydroxyl groups excluding tert-OH is 1. The van der Waals surface area contributed by atoms with Gasteiger partial charge in [0, 0.05) is 13.2 Å². The smallest absolute Gasteiger partial charge is 0.0900 e. The Morgan fingerprint density at radius 1 is 1.43 bits per heavy atom. The van der Waals surface area contributed by atoms with Crippen LogP contribution in [-0.4, -0.2) is 49.0 Å². The highest BCUT2D eigenvalue weighted by Crippen LogP contribution is 2.15. The summed E-state index contributed by atoms with van der Waals surface area (Å²) in [7, 11) is 0. The lowest BCUT2D eigenvalue weighted by molar-refractivity contribution is 0.0152. The van der Waals surface area contributed by atoms with E-state index in [1.807, 2.05) is 6.92 Å². The van der Waals surface area contributed by atoms with Gasteiger partial charge in [0.2, 0.25) is 0 Å². The number of hydrogen-bond donors (Lipinski definition) is 1. The Morgan fingerprint density at radius 3 is 2.64 bits per heavy atom. The highest BCUT2D eigenvalue weighted by Gasteiger charge is 2.17. The van der Waals surface area contributed by atoms with Crippen LogP contribution in [0.1, 0.15) is 26.7 Å². The third kappa shape index (κ3) is 4.40. The Bertz CT molecular complexity index is 144. The lowest BCUT2D eigenvalue weighted by Crippen LogP contribution is -2.39. The summed E-state index contributed by atoms with van der Waals surface area (Å²) in [5.41, 5.74) is 0. The highest BCUT2D eigenvalue weighted by molar-refractivity contribution is 4.71. The van der Waals surface area contributed by atoms with Crippen LogP contribution in [0.25, 0.3) is 0 Å². The molecule has 1 rings (SSSR count). The Morgan fingerprint density at radius 2 is 2.07 bits per heavy atom. The minimum Gasteiger partial charge on any atom is -0.389 e. The first-order chi connectivity index (χ1) is 6.72. The van der Waals surface area contributed by atoms with Crippen molar-refractivity contribution < 1.29 is 9.84 Å². The van der Waals surface area contributed by atoms with Crippen molar-refractivity contribution in [3.8, 4) is 0 Å². The van der Waals surface area contributed by atoms with E-state index in [4.69, 9.17) is 4.74 Å². The third-order valence-corrected chi connectivity index (χ3v) is 2.86. The van der Waals surface area contributed by atoms with Gasteiger partial charge in [0.05, 0.1) is 12.7 Å². The molecular weight excluding hydrogens is 178 g/mol. The van der Waals surface area contributed by atoms with E-state index in [0.29, 0.717) is 13.2 Å². The van der Waals surface area contributed by atoms with E-state index < -0.39 is 0 Å². The van der Waals surface area contributed by atoms with Crippen molar-refractivity contribution in [1.82, 2.24) is 4.90 Å². The number of β-amino-alcohol motifs (C(OH)–C–C–N with tert-alkyl or cyclic N) is 1. The van der Waals surface area contributed by atoms with Gasteiger partial charge >= 0.3 is 0 Å². The van der Waals surface area contributed by atoms with Gasteiger partial charge in [-0.15, -0.1) is 0 Å². The SMILES string of the molecule is CCOCC(O)CN1CCC(C)CC1. The molecule has 3 heteroatoms. The summed E-state index contributed by atoms with van der Waals surface area (Å²) in [4.78, 5) is 2.34. The molecule has 1 aliphatic rings. The largest absolute Gasteiger partial charge is 0.389 e. The van der Waals surface area contributed by atoms with Crippen molar-refractivity contribution in [2.24, 2.45) is 5.92 Å². The summed E-state index contributed by atoms with van der Waals surface area (Å²) in [5.74, 6) is 0.857. The minimum atomic E-state index is -0.316. The van der Waals surface area contributed by atoms with Crippen LogP contribution in [0.2, 0.25) is 0 Å². The summed E-state index contributed by atoms with van der Waals surface area (Å²) in [6.07, 6.45) is 2.21. The molecule has 1 atom stereocenters. The van der Waals surface area contributed by atoms with Crippen molar-refractivity contribution in [3.05, 3.63) is 0 Å². The van der Waals surface area contributed by atoms with Crippen molar-refractivity contribution >= 4 is 0 Å². The molecule has 0 radical (unpaired) electrons. The molecule has 0 amide bonds. The van der Waals surface area contributed by atoms with Gasteiger partial charge < -0.3 is 14.7 Å². The van der Waals surface area contributed by atoms with Gasteiger partial charge in [-0.25, -0.2) is 0 Å². The Labute approximate surface area is 87.1 Å². The van der Waals surface area contributed by atoms with Crippen molar-refractivity contribution in [2.45, 2.75) is 32.8 Å². The molecule has 0 aliphatic carbocycles. The summed E-state index contributed by atoms with van der Waals surface area (Å²) in [5, 5.41) is 9.63.